The summed E-state index contributed by atoms with van der Waals surface area (Å²) in [5.41, 5.74) is 2.73. The van der Waals surface area contributed by atoms with Crippen molar-refractivity contribution < 1.29 is 14.3 Å². The molecule has 0 spiro atoms. The van der Waals surface area contributed by atoms with Crippen LogP contribution in [-0.4, -0.2) is 24.1 Å². The lowest BCUT2D eigenvalue weighted by Crippen LogP contribution is -2.34. The lowest BCUT2D eigenvalue weighted by molar-refractivity contribution is -0.120. The molecule has 0 unspecified atom stereocenters. The Kier molecular flexibility index (Phi) is 6.93. The molecule has 0 saturated carbocycles. The molecule has 164 valence electrons. The molecule has 4 aromatic rings. The van der Waals surface area contributed by atoms with Crippen LogP contribution in [-0.2, 0) is 11.3 Å². The first kappa shape index (κ1) is 22.1. The highest BCUT2D eigenvalue weighted by atomic mass is 35.5. The van der Waals surface area contributed by atoms with Gasteiger partial charge >= 0.3 is 0 Å². The summed E-state index contributed by atoms with van der Waals surface area (Å²) in [7, 11) is 0. The van der Waals surface area contributed by atoms with E-state index in [0.29, 0.717) is 29.1 Å². The lowest BCUT2D eigenvalue weighted by Gasteiger charge is -2.20. The van der Waals surface area contributed by atoms with E-state index in [1.807, 2.05) is 68.4 Å². The first-order valence-corrected chi connectivity index (χ1v) is 11.5. The number of nitrogens with zero attached hydrogens (tertiary/aromatic N) is 2. The first-order chi connectivity index (χ1) is 15.5. The van der Waals surface area contributed by atoms with Crippen LogP contribution < -0.4 is 14.4 Å². The molecular formula is C25H23ClN2O3S. The molecule has 5 nitrogen and oxygen atoms in total. The molecule has 0 N–H and O–H groups in total. The summed E-state index contributed by atoms with van der Waals surface area (Å²) in [5.74, 6) is 1.19. The third kappa shape index (κ3) is 5.03. The van der Waals surface area contributed by atoms with E-state index in [0.717, 1.165) is 27.1 Å². The van der Waals surface area contributed by atoms with E-state index in [1.165, 1.54) is 11.3 Å². The molecular weight excluding hydrogens is 444 g/mol. The van der Waals surface area contributed by atoms with Crippen molar-refractivity contribution in [3.05, 3.63) is 82.9 Å². The molecule has 0 radical (unpaired) electrons. The molecule has 32 heavy (non-hydrogen) atoms. The Morgan fingerprint density at radius 2 is 1.69 bits per heavy atom. The monoisotopic (exact) mass is 466 g/mol. The van der Waals surface area contributed by atoms with Gasteiger partial charge in [0.05, 0.1) is 23.4 Å². The van der Waals surface area contributed by atoms with Crippen molar-refractivity contribution >= 4 is 44.2 Å². The van der Waals surface area contributed by atoms with Gasteiger partial charge in [-0.3, -0.25) is 9.69 Å². The molecule has 0 saturated heterocycles. The number of fused-ring (bicyclic) bond motifs is 1. The van der Waals surface area contributed by atoms with E-state index in [2.05, 4.69) is 0 Å². The van der Waals surface area contributed by atoms with Crippen molar-refractivity contribution in [1.82, 2.24) is 4.98 Å². The van der Waals surface area contributed by atoms with Crippen LogP contribution in [0.25, 0.3) is 10.2 Å². The third-order valence-electron chi connectivity index (χ3n) is 4.95. The van der Waals surface area contributed by atoms with Crippen LogP contribution in [0.5, 0.6) is 11.5 Å². The molecule has 7 heteroatoms. The zero-order valence-corrected chi connectivity index (χ0v) is 19.4. The smallest absolute Gasteiger partial charge is 0.267 e. The molecule has 3 aromatic carbocycles. The van der Waals surface area contributed by atoms with Gasteiger partial charge in [0.1, 0.15) is 11.5 Å². The number of carbonyl (C=O) groups is 1. The highest BCUT2D eigenvalue weighted by Gasteiger charge is 2.22. The number of hydrogen-bond donors (Lipinski definition) is 0. The number of ether oxygens (including phenoxy) is 2. The van der Waals surface area contributed by atoms with Crippen LogP contribution >= 0.6 is 22.9 Å². The van der Waals surface area contributed by atoms with Crippen LogP contribution in [0.2, 0.25) is 5.02 Å². The summed E-state index contributed by atoms with van der Waals surface area (Å²) in [5, 5.41) is 1.28. The Hall–Kier alpha value is -3.09. The summed E-state index contributed by atoms with van der Waals surface area (Å²) in [6.07, 6.45) is 0. The molecule has 0 fully saturated rings. The quantitative estimate of drug-likeness (QED) is 0.307. The second-order valence-corrected chi connectivity index (χ2v) is 8.59. The fourth-order valence-corrected chi connectivity index (χ4v) is 4.45. The Morgan fingerprint density at radius 1 is 1.00 bits per heavy atom. The maximum Gasteiger partial charge on any atom is 0.267 e. The molecule has 0 bridgehead atoms. The number of anilines is 1. The Morgan fingerprint density at radius 3 is 2.38 bits per heavy atom. The fourth-order valence-electron chi connectivity index (χ4n) is 3.25. The van der Waals surface area contributed by atoms with E-state index in [-0.39, 0.29) is 12.5 Å². The number of halogens is 1. The van der Waals surface area contributed by atoms with Gasteiger partial charge in [0.15, 0.2) is 11.7 Å². The first-order valence-electron chi connectivity index (χ1n) is 10.3. The van der Waals surface area contributed by atoms with Crippen molar-refractivity contribution in [2.75, 3.05) is 18.1 Å². The summed E-state index contributed by atoms with van der Waals surface area (Å²) < 4.78 is 12.2. The van der Waals surface area contributed by atoms with Gasteiger partial charge in [0, 0.05) is 5.02 Å². The number of benzene rings is 3. The molecule has 0 aliphatic heterocycles. The largest absolute Gasteiger partial charge is 0.494 e. The van der Waals surface area contributed by atoms with Gasteiger partial charge in [-0.1, -0.05) is 53.3 Å². The normalized spacial score (nSPS) is 10.8. The van der Waals surface area contributed by atoms with Crippen LogP contribution in [0.1, 0.15) is 18.1 Å². The maximum atomic E-state index is 13.2. The van der Waals surface area contributed by atoms with Gasteiger partial charge < -0.3 is 9.47 Å². The van der Waals surface area contributed by atoms with E-state index < -0.39 is 0 Å². The standard InChI is InChI=1S/C25H23ClN2O3S/c1-3-30-19-9-11-20(12-10-19)31-16-23(29)28(15-18-7-5-4-6-8-18)25-27-24-17(2)21(26)13-14-22(24)32-25/h4-14H,3,15-16H2,1-2H3. The van der Waals surface area contributed by atoms with Gasteiger partial charge in [0.25, 0.3) is 5.91 Å². The predicted molar refractivity (Wildman–Crippen MR) is 130 cm³/mol. The number of amides is 1. The number of aryl methyl sites for hydroxylation is 1. The summed E-state index contributed by atoms with van der Waals surface area (Å²) in [6, 6.07) is 20.9. The molecule has 1 aromatic heterocycles. The molecule has 0 aliphatic carbocycles. The van der Waals surface area contributed by atoms with Crippen molar-refractivity contribution in [2.45, 2.75) is 20.4 Å². The minimum absolute atomic E-state index is 0.101. The predicted octanol–water partition coefficient (Wildman–Crippen LogP) is 6.27. The Bertz CT molecular complexity index is 1210. The lowest BCUT2D eigenvalue weighted by atomic mass is 10.2. The molecule has 1 heterocycles. The molecule has 0 atom stereocenters. The Balaban J connectivity index is 1.57. The van der Waals surface area contributed by atoms with Gasteiger partial charge in [-0.25, -0.2) is 4.98 Å². The van der Waals surface area contributed by atoms with E-state index in [4.69, 9.17) is 26.1 Å². The highest BCUT2D eigenvalue weighted by Crippen LogP contribution is 2.34. The van der Waals surface area contributed by atoms with E-state index >= 15 is 0 Å². The number of rotatable bonds is 8. The minimum atomic E-state index is -0.175. The maximum absolute atomic E-state index is 13.2. The molecule has 4 rings (SSSR count). The third-order valence-corrected chi connectivity index (χ3v) is 6.40. The number of thiazole rings is 1. The number of hydrogen-bond acceptors (Lipinski definition) is 5. The summed E-state index contributed by atoms with van der Waals surface area (Å²) in [4.78, 5) is 19.6. The average Bonchev–Trinajstić information content (AvgIpc) is 3.25. The van der Waals surface area contributed by atoms with Crippen molar-refractivity contribution in [3.63, 3.8) is 0 Å². The second kappa shape index (κ2) is 10.0. The van der Waals surface area contributed by atoms with Gasteiger partial charge in [0.2, 0.25) is 0 Å². The zero-order chi connectivity index (χ0) is 22.5. The van der Waals surface area contributed by atoms with Crippen LogP contribution in [0, 0.1) is 6.92 Å². The number of aromatic nitrogens is 1. The van der Waals surface area contributed by atoms with E-state index in [9.17, 15) is 4.79 Å². The number of carbonyl (C=O) groups excluding carboxylic acids is 1. The molecule has 0 aliphatic rings. The van der Waals surface area contributed by atoms with Crippen molar-refractivity contribution in [3.8, 4) is 11.5 Å². The topological polar surface area (TPSA) is 51.7 Å². The van der Waals surface area contributed by atoms with E-state index in [1.54, 1.807) is 17.0 Å². The highest BCUT2D eigenvalue weighted by molar-refractivity contribution is 7.22. The fraction of sp³-hybridized carbons (Fsp3) is 0.200. The Labute approximate surface area is 196 Å². The van der Waals surface area contributed by atoms with Gasteiger partial charge in [-0.2, -0.15) is 0 Å². The minimum Gasteiger partial charge on any atom is -0.494 e. The van der Waals surface area contributed by atoms with Gasteiger partial charge in [-0.05, 0) is 61.4 Å². The molecule has 1 amide bonds. The van der Waals surface area contributed by atoms with Crippen molar-refractivity contribution in [1.29, 1.82) is 0 Å². The van der Waals surface area contributed by atoms with Crippen LogP contribution in [0.4, 0.5) is 5.13 Å². The average molecular weight is 467 g/mol. The van der Waals surface area contributed by atoms with Crippen molar-refractivity contribution in [2.24, 2.45) is 0 Å². The second-order valence-electron chi connectivity index (χ2n) is 7.17. The summed E-state index contributed by atoms with van der Waals surface area (Å²) in [6.45, 7) is 4.77. The van der Waals surface area contributed by atoms with Gasteiger partial charge in [-0.15, -0.1) is 0 Å². The summed E-state index contributed by atoms with van der Waals surface area (Å²) >= 11 is 7.74. The van der Waals surface area contributed by atoms with Crippen LogP contribution in [0.15, 0.2) is 66.7 Å². The van der Waals surface area contributed by atoms with Crippen LogP contribution in [0.3, 0.4) is 0 Å². The SMILES string of the molecule is CCOc1ccc(OCC(=O)N(Cc2ccccc2)c2nc3c(C)c(Cl)ccc3s2)cc1. The zero-order valence-electron chi connectivity index (χ0n) is 17.9.